The third kappa shape index (κ3) is 2.20. The maximum Gasteiger partial charge on any atom is 0.0234 e. The Balaban J connectivity index is 2.88. The summed E-state index contributed by atoms with van der Waals surface area (Å²) in [7, 11) is 6.71. The van der Waals surface area contributed by atoms with Gasteiger partial charge in [0.15, 0.2) is 0 Å². The number of hydrogen-bond donors (Lipinski definition) is 0. The largest absolute Gasteiger partial charge is 0.0508 e. The summed E-state index contributed by atoms with van der Waals surface area (Å²) in [6.07, 6.45) is 0. The lowest BCUT2D eigenvalue weighted by Crippen LogP contribution is -1.64. The van der Waals surface area contributed by atoms with Crippen LogP contribution in [0.1, 0.15) is 0 Å². The molecule has 0 bridgehead atoms. The van der Waals surface area contributed by atoms with Gasteiger partial charge in [0.2, 0.25) is 0 Å². The summed E-state index contributed by atoms with van der Waals surface area (Å²) in [6, 6.07) is 7.85. The maximum atomic E-state index is 5.48. The lowest BCUT2D eigenvalue weighted by Gasteiger charge is -1.91. The molecular weight excluding hydrogens is 219 g/mol. The first-order valence-electron chi connectivity index (χ1n) is 2.37. The molecular formula is C6H4BrClS. The molecule has 0 aliphatic carbocycles. The highest BCUT2D eigenvalue weighted by molar-refractivity contribution is 9.10. The highest BCUT2D eigenvalue weighted by Crippen LogP contribution is 2.23. The molecule has 48 valence electrons. The van der Waals surface area contributed by atoms with Gasteiger partial charge in [0.1, 0.15) is 0 Å². The van der Waals surface area contributed by atoms with E-state index in [1.165, 1.54) is 11.0 Å². The molecule has 0 aliphatic heterocycles. The zero-order valence-corrected chi connectivity index (χ0v) is 7.63. The predicted octanol–water partition coefficient (Wildman–Crippen LogP) is 3.70. The van der Waals surface area contributed by atoms with E-state index < -0.39 is 0 Å². The van der Waals surface area contributed by atoms with E-state index in [1.807, 2.05) is 24.3 Å². The molecule has 1 aromatic rings. The Morgan fingerprint density at radius 3 is 2.22 bits per heavy atom. The zero-order chi connectivity index (χ0) is 6.69. The molecule has 9 heavy (non-hydrogen) atoms. The Labute approximate surface area is 71.2 Å². The van der Waals surface area contributed by atoms with Gasteiger partial charge in [0, 0.05) is 9.37 Å². The molecule has 0 atom stereocenters. The molecule has 0 heterocycles. The van der Waals surface area contributed by atoms with Crippen LogP contribution in [0.5, 0.6) is 0 Å². The van der Waals surface area contributed by atoms with E-state index in [4.69, 9.17) is 10.7 Å². The number of hydrogen-bond acceptors (Lipinski definition) is 1. The Morgan fingerprint density at radius 2 is 1.78 bits per heavy atom. The maximum absolute atomic E-state index is 5.48. The lowest BCUT2D eigenvalue weighted by molar-refractivity contribution is 1.45. The van der Waals surface area contributed by atoms with Crippen LogP contribution >= 0.6 is 37.6 Å². The van der Waals surface area contributed by atoms with Crippen molar-refractivity contribution in [3.8, 4) is 0 Å². The SMILES string of the molecule is ClSc1ccc(Br)cc1. The van der Waals surface area contributed by atoms with Crippen molar-refractivity contribution < 1.29 is 0 Å². The van der Waals surface area contributed by atoms with Crippen LogP contribution in [-0.4, -0.2) is 0 Å². The molecule has 0 N–H and O–H groups in total. The minimum atomic E-state index is 1.07. The average molecular weight is 224 g/mol. The molecule has 3 heteroatoms. The van der Waals surface area contributed by atoms with Gasteiger partial charge in [-0.25, -0.2) is 0 Å². The van der Waals surface area contributed by atoms with Crippen LogP contribution in [0.25, 0.3) is 0 Å². The van der Waals surface area contributed by atoms with Crippen molar-refractivity contribution in [2.24, 2.45) is 0 Å². The van der Waals surface area contributed by atoms with Gasteiger partial charge < -0.3 is 0 Å². The van der Waals surface area contributed by atoms with E-state index in [0.29, 0.717) is 0 Å². The Bertz CT molecular complexity index is 185. The Kier molecular flexibility index (Phi) is 2.89. The molecule has 0 amide bonds. The van der Waals surface area contributed by atoms with Crippen LogP contribution in [0, 0.1) is 0 Å². The van der Waals surface area contributed by atoms with Crippen LogP contribution in [-0.2, 0) is 0 Å². The third-order valence-corrected chi connectivity index (χ3v) is 2.42. The molecule has 1 rings (SSSR count). The first-order chi connectivity index (χ1) is 4.33. The van der Waals surface area contributed by atoms with Gasteiger partial charge in [0.05, 0.1) is 0 Å². The van der Waals surface area contributed by atoms with Crippen LogP contribution in [0.3, 0.4) is 0 Å². The highest BCUT2D eigenvalue weighted by atomic mass is 79.9. The van der Waals surface area contributed by atoms with Crippen molar-refractivity contribution in [2.45, 2.75) is 4.90 Å². The van der Waals surface area contributed by atoms with Crippen molar-refractivity contribution in [2.75, 3.05) is 0 Å². The van der Waals surface area contributed by atoms with Gasteiger partial charge in [-0.05, 0) is 45.9 Å². The Morgan fingerprint density at radius 1 is 1.22 bits per heavy atom. The molecule has 0 aromatic heterocycles. The molecule has 0 spiro atoms. The summed E-state index contributed by atoms with van der Waals surface area (Å²) in [6.45, 7) is 0. The lowest BCUT2D eigenvalue weighted by atomic mass is 10.4. The summed E-state index contributed by atoms with van der Waals surface area (Å²) < 4.78 is 1.08. The average Bonchev–Trinajstić information content (AvgIpc) is 1.90. The fourth-order valence-corrected chi connectivity index (χ4v) is 1.30. The van der Waals surface area contributed by atoms with Gasteiger partial charge in [-0.3, -0.25) is 0 Å². The minimum absolute atomic E-state index is 1.07. The quantitative estimate of drug-likeness (QED) is 0.700. The van der Waals surface area contributed by atoms with E-state index in [0.717, 1.165) is 9.37 Å². The molecule has 0 fully saturated rings. The number of halogens is 2. The van der Waals surface area contributed by atoms with Crippen LogP contribution in [0.15, 0.2) is 33.6 Å². The monoisotopic (exact) mass is 222 g/mol. The number of rotatable bonds is 1. The molecule has 0 aliphatic rings. The van der Waals surface area contributed by atoms with Crippen LogP contribution < -0.4 is 0 Å². The summed E-state index contributed by atoms with van der Waals surface area (Å²) in [5, 5.41) is 0. The molecule has 0 saturated carbocycles. The van der Waals surface area contributed by atoms with Crippen molar-refractivity contribution >= 4 is 37.6 Å². The standard InChI is InChI=1S/C6H4BrClS/c7-5-1-3-6(9-8)4-2-5/h1-4H. The van der Waals surface area contributed by atoms with Gasteiger partial charge in [0.25, 0.3) is 0 Å². The molecule has 0 saturated heterocycles. The summed E-state index contributed by atoms with van der Waals surface area (Å²) >= 11 is 3.32. The summed E-state index contributed by atoms with van der Waals surface area (Å²) in [4.78, 5) is 1.07. The topological polar surface area (TPSA) is 0 Å². The van der Waals surface area contributed by atoms with Crippen molar-refractivity contribution in [1.29, 1.82) is 0 Å². The van der Waals surface area contributed by atoms with E-state index in [-0.39, 0.29) is 0 Å². The number of benzene rings is 1. The van der Waals surface area contributed by atoms with Crippen LogP contribution in [0.4, 0.5) is 0 Å². The third-order valence-electron chi connectivity index (χ3n) is 0.903. The second kappa shape index (κ2) is 3.49. The van der Waals surface area contributed by atoms with Gasteiger partial charge >= 0.3 is 0 Å². The molecule has 0 nitrogen and oxygen atoms in total. The molecule has 0 unspecified atom stereocenters. The van der Waals surface area contributed by atoms with E-state index in [1.54, 1.807) is 0 Å². The molecule has 1 aromatic carbocycles. The fourth-order valence-electron chi connectivity index (χ4n) is 0.486. The highest BCUT2D eigenvalue weighted by Gasteiger charge is 1.88. The van der Waals surface area contributed by atoms with Crippen molar-refractivity contribution in [1.82, 2.24) is 0 Å². The van der Waals surface area contributed by atoms with E-state index >= 15 is 0 Å². The smallest absolute Gasteiger partial charge is 0.0234 e. The zero-order valence-electron chi connectivity index (χ0n) is 4.47. The van der Waals surface area contributed by atoms with Gasteiger partial charge in [-0.15, -0.1) is 0 Å². The van der Waals surface area contributed by atoms with Gasteiger partial charge in [-0.1, -0.05) is 15.9 Å². The minimum Gasteiger partial charge on any atom is -0.0508 e. The summed E-state index contributed by atoms with van der Waals surface area (Å²) in [5.74, 6) is 0. The fraction of sp³-hybridized carbons (Fsp3) is 0. The normalized spacial score (nSPS) is 9.56. The summed E-state index contributed by atoms with van der Waals surface area (Å²) in [5.41, 5.74) is 0. The van der Waals surface area contributed by atoms with Crippen molar-refractivity contribution in [3.63, 3.8) is 0 Å². The van der Waals surface area contributed by atoms with Gasteiger partial charge in [-0.2, -0.15) is 0 Å². The van der Waals surface area contributed by atoms with E-state index in [2.05, 4.69) is 15.9 Å². The Hall–Kier alpha value is 0.340. The van der Waals surface area contributed by atoms with Crippen LogP contribution in [0.2, 0.25) is 0 Å². The predicted molar refractivity (Wildman–Crippen MR) is 45.9 cm³/mol. The first-order valence-corrected chi connectivity index (χ1v) is 4.80. The first kappa shape index (κ1) is 7.45. The van der Waals surface area contributed by atoms with Crippen molar-refractivity contribution in [3.05, 3.63) is 28.7 Å². The van der Waals surface area contributed by atoms with E-state index in [9.17, 15) is 0 Å². The molecule has 0 radical (unpaired) electrons. The second-order valence-electron chi connectivity index (χ2n) is 1.53. The second-order valence-corrected chi connectivity index (χ2v) is 3.54.